The first-order chi connectivity index (χ1) is 13.2. The number of carbonyl (C=O) groups is 1. The van der Waals surface area contributed by atoms with Gasteiger partial charge < -0.3 is 10.6 Å². The minimum atomic E-state index is -0.0412. The maximum atomic E-state index is 11.7. The molecular weight excluding hydrogens is 338 g/mol. The van der Waals surface area contributed by atoms with Crippen LogP contribution in [0.4, 0.5) is 4.79 Å². The van der Waals surface area contributed by atoms with Crippen LogP contribution in [0.15, 0.2) is 6.07 Å². The van der Waals surface area contributed by atoms with Crippen LogP contribution in [0, 0.1) is 5.92 Å². The molecule has 4 aliphatic rings. The van der Waals surface area contributed by atoms with Gasteiger partial charge >= 0.3 is 6.03 Å². The SMILES string of the molecule is CCNC(=O)NCC1CC2CCN1CC2c1cc(C2CCCCC2)nn1C. The second-order valence-corrected chi connectivity index (χ2v) is 8.73. The molecule has 1 saturated carbocycles. The Morgan fingerprint density at radius 2 is 2.04 bits per heavy atom. The number of hydrogen-bond acceptors (Lipinski definition) is 3. The summed E-state index contributed by atoms with van der Waals surface area (Å²) < 4.78 is 2.17. The van der Waals surface area contributed by atoms with Gasteiger partial charge in [-0.2, -0.15) is 5.10 Å². The highest BCUT2D eigenvalue weighted by Crippen LogP contribution is 2.42. The number of aryl methyl sites for hydroxylation is 1. The summed E-state index contributed by atoms with van der Waals surface area (Å²) in [5, 5.41) is 10.8. The van der Waals surface area contributed by atoms with Crippen molar-refractivity contribution in [2.45, 2.75) is 69.7 Å². The third-order valence-electron chi connectivity index (χ3n) is 7.05. The molecule has 4 unspecified atom stereocenters. The lowest BCUT2D eigenvalue weighted by Gasteiger charge is -2.49. The lowest BCUT2D eigenvalue weighted by molar-refractivity contribution is 0.0294. The topological polar surface area (TPSA) is 62.2 Å². The van der Waals surface area contributed by atoms with Crippen LogP contribution in [0.1, 0.15) is 75.1 Å². The highest BCUT2D eigenvalue weighted by Gasteiger charge is 2.42. The van der Waals surface area contributed by atoms with Crippen LogP contribution in [0.3, 0.4) is 0 Å². The highest BCUT2D eigenvalue weighted by molar-refractivity contribution is 5.73. The van der Waals surface area contributed by atoms with Gasteiger partial charge in [0.1, 0.15) is 0 Å². The number of nitrogens with one attached hydrogen (secondary N) is 2. The van der Waals surface area contributed by atoms with Crippen LogP contribution in [0.25, 0.3) is 0 Å². The van der Waals surface area contributed by atoms with Gasteiger partial charge in [-0.15, -0.1) is 0 Å². The van der Waals surface area contributed by atoms with Crippen molar-refractivity contribution in [2.75, 3.05) is 26.2 Å². The van der Waals surface area contributed by atoms with E-state index in [0.29, 0.717) is 30.3 Å². The van der Waals surface area contributed by atoms with E-state index in [0.717, 1.165) is 19.6 Å². The van der Waals surface area contributed by atoms with E-state index in [1.54, 1.807) is 0 Å². The van der Waals surface area contributed by atoms with E-state index in [9.17, 15) is 4.79 Å². The molecular formula is C21H35N5O. The standard InChI is InChI=1S/C21H35N5O/c1-3-22-21(27)23-13-17-11-16-9-10-26(17)14-18(16)20-12-19(24-25(20)2)15-7-5-4-6-8-15/h12,15-18H,3-11,13-14H2,1-2H3,(H2,22,23,27). The Hall–Kier alpha value is -1.56. The zero-order valence-electron chi connectivity index (χ0n) is 16.9. The van der Waals surface area contributed by atoms with Crippen molar-refractivity contribution in [1.29, 1.82) is 0 Å². The molecule has 3 saturated heterocycles. The molecule has 3 aliphatic heterocycles. The highest BCUT2D eigenvalue weighted by atomic mass is 16.2. The van der Waals surface area contributed by atoms with Crippen LogP contribution in [0.5, 0.6) is 0 Å². The average molecular weight is 374 g/mol. The third kappa shape index (κ3) is 4.00. The molecule has 4 atom stereocenters. The molecule has 4 fully saturated rings. The second kappa shape index (κ2) is 8.21. The molecule has 6 heteroatoms. The van der Waals surface area contributed by atoms with E-state index >= 15 is 0 Å². The van der Waals surface area contributed by atoms with Crippen LogP contribution in [0.2, 0.25) is 0 Å². The summed E-state index contributed by atoms with van der Waals surface area (Å²) in [7, 11) is 2.13. The van der Waals surface area contributed by atoms with Crippen molar-refractivity contribution < 1.29 is 4.79 Å². The molecule has 4 heterocycles. The lowest BCUT2D eigenvalue weighted by atomic mass is 9.74. The van der Waals surface area contributed by atoms with E-state index in [4.69, 9.17) is 5.10 Å². The predicted molar refractivity (Wildman–Crippen MR) is 107 cm³/mol. The van der Waals surface area contributed by atoms with Crippen molar-refractivity contribution in [3.63, 3.8) is 0 Å². The number of fused-ring (bicyclic) bond motifs is 3. The average Bonchev–Trinajstić information content (AvgIpc) is 3.09. The van der Waals surface area contributed by atoms with Crippen molar-refractivity contribution in [3.05, 3.63) is 17.5 Å². The van der Waals surface area contributed by atoms with Crippen LogP contribution >= 0.6 is 0 Å². The first-order valence-electron chi connectivity index (χ1n) is 10.9. The normalized spacial score (nSPS) is 31.0. The minimum absolute atomic E-state index is 0.0412. The van der Waals surface area contributed by atoms with Gasteiger partial charge in [-0.05, 0) is 51.1 Å². The molecule has 0 spiro atoms. The Bertz CT molecular complexity index is 651. The lowest BCUT2D eigenvalue weighted by Crippen LogP contribution is -2.56. The van der Waals surface area contributed by atoms with Gasteiger partial charge in [-0.3, -0.25) is 9.58 Å². The summed E-state index contributed by atoms with van der Waals surface area (Å²) in [5.41, 5.74) is 2.76. The number of nitrogens with zero attached hydrogens (tertiary/aromatic N) is 3. The van der Waals surface area contributed by atoms with Gasteiger partial charge in [0.05, 0.1) is 5.69 Å². The molecule has 5 rings (SSSR count). The molecule has 0 aromatic carbocycles. The van der Waals surface area contributed by atoms with Crippen LogP contribution in [-0.4, -0.2) is 52.9 Å². The second-order valence-electron chi connectivity index (χ2n) is 8.73. The van der Waals surface area contributed by atoms with Crippen molar-refractivity contribution >= 4 is 6.03 Å². The van der Waals surface area contributed by atoms with Gasteiger partial charge in [-0.25, -0.2) is 4.79 Å². The first-order valence-corrected chi connectivity index (χ1v) is 10.9. The molecule has 2 N–H and O–H groups in total. The van der Waals surface area contributed by atoms with Crippen molar-refractivity contribution in [1.82, 2.24) is 25.3 Å². The monoisotopic (exact) mass is 373 g/mol. The van der Waals surface area contributed by atoms with E-state index in [-0.39, 0.29) is 6.03 Å². The smallest absolute Gasteiger partial charge is 0.314 e. The molecule has 0 radical (unpaired) electrons. The quantitative estimate of drug-likeness (QED) is 0.834. The summed E-state index contributed by atoms with van der Waals surface area (Å²) in [6.07, 6.45) is 9.18. The van der Waals surface area contributed by atoms with Gasteiger partial charge in [0, 0.05) is 50.3 Å². The fourth-order valence-electron chi connectivity index (χ4n) is 5.57. The van der Waals surface area contributed by atoms with E-state index in [2.05, 4.69) is 33.3 Å². The Kier molecular flexibility index (Phi) is 5.71. The predicted octanol–water partition coefficient (Wildman–Crippen LogP) is 2.96. The number of urea groups is 1. The molecule has 2 amide bonds. The Balaban J connectivity index is 1.40. The molecule has 2 bridgehead atoms. The number of rotatable bonds is 5. The molecule has 1 aliphatic carbocycles. The molecule has 150 valence electrons. The summed E-state index contributed by atoms with van der Waals surface area (Å²) >= 11 is 0. The Morgan fingerprint density at radius 1 is 1.22 bits per heavy atom. The van der Waals surface area contributed by atoms with Gasteiger partial charge in [0.25, 0.3) is 0 Å². The zero-order chi connectivity index (χ0) is 18.8. The number of aromatic nitrogens is 2. The molecule has 6 nitrogen and oxygen atoms in total. The third-order valence-corrected chi connectivity index (χ3v) is 7.05. The van der Waals surface area contributed by atoms with Crippen molar-refractivity contribution in [3.8, 4) is 0 Å². The Morgan fingerprint density at radius 3 is 2.74 bits per heavy atom. The molecule has 27 heavy (non-hydrogen) atoms. The van der Waals surface area contributed by atoms with E-state index < -0.39 is 0 Å². The maximum absolute atomic E-state index is 11.7. The van der Waals surface area contributed by atoms with Gasteiger partial charge in [-0.1, -0.05) is 19.3 Å². The largest absolute Gasteiger partial charge is 0.338 e. The fraction of sp³-hybridized carbons (Fsp3) is 0.810. The number of carbonyl (C=O) groups excluding carboxylic acids is 1. The first kappa shape index (κ1) is 18.8. The number of piperidine rings is 3. The van der Waals surface area contributed by atoms with Gasteiger partial charge in [0.2, 0.25) is 0 Å². The molecule has 1 aromatic rings. The van der Waals surface area contributed by atoms with Gasteiger partial charge in [0.15, 0.2) is 0 Å². The summed E-state index contributed by atoms with van der Waals surface area (Å²) in [5.74, 6) is 1.98. The van der Waals surface area contributed by atoms with E-state index in [1.807, 2.05) is 6.92 Å². The maximum Gasteiger partial charge on any atom is 0.314 e. The zero-order valence-corrected chi connectivity index (χ0v) is 16.9. The van der Waals surface area contributed by atoms with Crippen LogP contribution < -0.4 is 10.6 Å². The summed E-state index contributed by atoms with van der Waals surface area (Å²) in [6.45, 7) is 5.65. The summed E-state index contributed by atoms with van der Waals surface area (Å²) in [6, 6.07) is 2.86. The summed E-state index contributed by atoms with van der Waals surface area (Å²) in [4.78, 5) is 14.3. The number of amides is 2. The number of hydrogen-bond donors (Lipinski definition) is 2. The Labute approximate surface area is 163 Å². The fourth-order valence-corrected chi connectivity index (χ4v) is 5.57. The van der Waals surface area contributed by atoms with Crippen LogP contribution in [-0.2, 0) is 7.05 Å². The molecule has 1 aromatic heterocycles. The minimum Gasteiger partial charge on any atom is -0.338 e. The van der Waals surface area contributed by atoms with E-state index in [1.165, 1.54) is 56.3 Å². The van der Waals surface area contributed by atoms with Crippen molar-refractivity contribution in [2.24, 2.45) is 13.0 Å².